The molecule has 0 radical (unpaired) electrons. The van der Waals surface area contributed by atoms with Crippen LogP contribution in [0.5, 0.6) is 11.5 Å². The average Bonchev–Trinajstić information content (AvgIpc) is 2.70. The van der Waals surface area contributed by atoms with E-state index in [0.29, 0.717) is 12.6 Å². The van der Waals surface area contributed by atoms with Crippen molar-refractivity contribution in [3.8, 4) is 11.5 Å². The van der Waals surface area contributed by atoms with Crippen LogP contribution in [0.1, 0.15) is 19.4 Å². The lowest BCUT2D eigenvalue weighted by Gasteiger charge is -2.32. The van der Waals surface area contributed by atoms with Crippen LogP contribution >= 0.6 is 0 Å². The van der Waals surface area contributed by atoms with Crippen molar-refractivity contribution in [3.63, 3.8) is 0 Å². The summed E-state index contributed by atoms with van der Waals surface area (Å²) in [6.45, 7) is 10.2. The molecule has 1 aliphatic heterocycles. The summed E-state index contributed by atoms with van der Waals surface area (Å²) in [5.41, 5.74) is 1.07. The van der Waals surface area contributed by atoms with E-state index >= 15 is 0 Å². The quantitative estimate of drug-likeness (QED) is 0.538. The summed E-state index contributed by atoms with van der Waals surface area (Å²) in [6.07, 6.45) is 0. The molecule has 0 saturated carbocycles. The number of morpholine rings is 1. The van der Waals surface area contributed by atoms with Gasteiger partial charge in [0.1, 0.15) is 0 Å². The number of benzene rings is 1. The SMILES string of the molecule is CCNC(=NCc1ccc(OC)c(OC)c1)NCC(C)N1CCOCC1. The van der Waals surface area contributed by atoms with E-state index in [1.807, 2.05) is 18.2 Å². The smallest absolute Gasteiger partial charge is 0.191 e. The molecule has 1 saturated heterocycles. The van der Waals surface area contributed by atoms with Gasteiger partial charge in [-0.1, -0.05) is 6.07 Å². The standard InChI is InChI=1S/C19H32N4O3/c1-5-20-19(21-13-15(2)23-8-10-26-11-9-23)22-14-16-6-7-17(24-3)18(12-16)25-4/h6-7,12,15H,5,8-11,13-14H2,1-4H3,(H2,20,21,22). The molecule has 0 aromatic heterocycles. The number of hydrogen-bond acceptors (Lipinski definition) is 5. The van der Waals surface area contributed by atoms with Crippen LogP contribution in [0.2, 0.25) is 0 Å². The molecule has 26 heavy (non-hydrogen) atoms. The first-order chi connectivity index (χ1) is 12.7. The molecule has 146 valence electrons. The van der Waals surface area contributed by atoms with Gasteiger partial charge in [0.05, 0.1) is 34.0 Å². The van der Waals surface area contributed by atoms with Crippen molar-refractivity contribution < 1.29 is 14.2 Å². The molecule has 0 spiro atoms. The maximum absolute atomic E-state index is 5.42. The lowest BCUT2D eigenvalue weighted by Crippen LogP contribution is -2.49. The highest BCUT2D eigenvalue weighted by atomic mass is 16.5. The first-order valence-corrected chi connectivity index (χ1v) is 9.22. The Morgan fingerprint density at radius 3 is 2.58 bits per heavy atom. The number of nitrogens with one attached hydrogen (secondary N) is 2. The molecule has 7 nitrogen and oxygen atoms in total. The Morgan fingerprint density at radius 2 is 1.92 bits per heavy atom. The van der Waals surface area contributed by atoms with Crippen LogP contribution in [0, 0.1) is 0 Å². The van der Waals surface area contributed by atoms with Gasteiger partial charge in [-0.3, -0.25) is 4.90 Å². The van der Waals surface area contributed by atoms with Crippen LogP contribution < -0.4 is 20.1 Å². The summed E-state index contributed by atoms with van der Waals surface area (Å²) in [7, 11) is 3.28. The lowest BCUT2D eigenvalue weighted by atomic mass is 10.2. The predicted molar refractivity (Wildman–Crippen MR) is 104 cm³/mol. The largest absolute Gasteiger partial charge is 0.493 e. The Bertz CT molecular complexity index is 574. The number of nitrogens with zero attached hydrogens (tertiary/aromatic N) is 2. The zero-order chi connectivity index (χ0) is 18.8. The van der Waals surface area contributed by atoms with Crippen LogP contribution in [-0.4, -0.2) is 70.5 Å². The van der Waals surface area contributed by atoms with Gasteiger partial charge < -0.3 is 24.8 Å². The number of guanidine groups is 1. The Hall–Kier alpha value is -1.99. The fourth-order valence-electron chi connectivity index (χ4n) is 2.88. The van der Waals surface area contributed by atoms with Gasteiger partial charge in [0, 0.05) is 32.2 Å². The topological polar surface area (TPSA) is 67.4 Å². The zero-order valence-corrected chi connectivity index (χ0v) is 16.4. The summed E-state index contributed by atoms with van der Waals surface area (Å²) in [5, 5.41) is 6.74. The van der Waals surface area contributed by atoms with Gasteiger partial charge in [-0.2, -0.15) is 0 Å². The number of methoxy groups -OCH3 is 2. The Morgan fingerprint density at radius 1 is 1.19 bits per heavy atom. The minimum absolute atomic E-state index is 0.434. The summed E-state index contributed by atoms with van der Waals surface area (Å²) in [4.78, 5) is 7.13. The minimum atomic E-state index is 0.434. The van der Waals surface area contributed by atoms with Crippen molar-refractivity contribution in [1.29, 1.82) is 0 Å². The lowest BCUT2D eigenvalue weighted by molar-refractivity contribution is 0.0211. The van der Waals surface area contributed by atoms with E-state index in [-0.39, 0.29) is 0 Å². The number of rotatable bonds is 8. The highest BCUT2D eigenvalue weighted by Gasteiger charge is 2.17. The Kier molecular flexibility index (Phi) is 8.50. The third kappa shape index (κ3) is 6.07. The molecule has 1 atom stereocenters. The third-order valence-corrected chi connectivity index (χ3v) is 4.45. The third-order valence-electron chi connectivity index (χ3n) is 4.45. The van der Waals surface area contributed by atoms with Crippen molar-refractivity contribution in [2.75, 3.05) is 53.6 Å². The molecule has 1 unspecified atom stereocenters. The highest BCUT2D eigenvalue weighted by Crippen LogP contribution is 2.27. The van der Waals surface area contributed by atoms with E-state index < -0.39 is 0 Å². The molecule has 1 aliphatic rings. The maximum atomic E-state index is 5.42. The number of hydrogen-bond donors (Lipinski definition) is 2. The normalized spacial score (nSPS) is 16.8. The van der Waals surface area contributed by atoms with Crippen molar-refractivity contribution in [1.82, 2.24) is 15.5 Å². The van der Waals surface area contributed by atoms with Crippen LogP contribution in [-0.2, 0) is 11.3 Å². The fourth-order valence-corrected chi connectivity index (χ4v) is 2.88. The van der Waals surface area contributed by atoms with E-state index in [2.05, 4.69) is 34.4 Å². The minimum Gasteiger partial charge on any atom is -0.493 e. The molecule has 2 rings (SSSR count). The summed E-state index contributed by atoms with van der Waals surface area (Å²) >= 11 is 0. The first kappa shape index (κ1) is 20.3. The molecule has 2 N–H and O–H groups in total. The van der Waals surface area contributed by atoms with Gasteiger partial charge in [0.15, 0.2) is 17.5 Å². The zero-order valence-electron chi connectivity index (χ0n) is 16.4. The van der Waals surface area contributed by atoms with Crippen LogP contribution in [0.3, 0.4) is 0 Å². The first-order valence-electron chi connectivity index (χ1n) is 9.22. The molecule has 0 amide bonds. The van der Waals surface area contributed by atoms with Gasteiger partial charge in [0.25, 0.3) is 0 Å². The monoisotopic (exact) mass is 364 g/mol. The van der Waals surface area contributed by atoms with E-state index in [9.17, 15) is 0 Å². The molecule has 0 aliphatic carbocycles. The summed E-state index contributed by atoms with van der Waals surface area (Å²) in [5.74, 6) is 2.27. The van der Waals surface area contributed by atoms with Crippen molar-refractivity contribution >= 4 is 5.96 Å². The second kappa shape index (κ2) is 10.9. The number of ether oxygens (including phenoxy) is 3. The predicted octanol–water partition coefficient (Wildman–Crippen LogP) is 1.48. The molecule has 1 fully saturated rings. The maximum Gasteiger partial charge on any atom is 0.191 e. The van der Waals surface area contributed by atoms with Gasteiger partial charge in [-0.05, 0) is 31.5 Å². The van der Waals surface area contributed by atoms with Gasteiger partial charge in [0.2, 0.25) is 0 Å². The molecule has 1 aromatic carbocycles. The summed E-state index contributed by atoms with van der Waals surface area (Å²) in [6, 6.07) is 6.31. The second-order valence-electron chi connectivity index (χ2n) is 6.26. The van der Waals surface area contributed by atoms with Crippen LogP contribution in [0.4, 0.5) is 0 Å². The van der Waals surface area contributed by atoms with Gasteiger partial charge in [-0.15, -0.1) is 0 Å². The van der Waals surface area contributed by atoms with Crippen molar-refractivity contribution in [2.24, 2.45) is 4.99 Å². The summed E-state index contributed by atoms with van der Waals surface area (Å²) < 4.78 is 16.1. The molecule has 1 aromatic rings. The Balaban J connectivity index is 1.93. The van der Waals surface area contributed by atoms with Crippen molar-refractivity contribution in [3.05, 3.63) is 23.8 Å². The van der Waals surface area contributed by atoms with Gasteiger partial charge >= 0.3 is 0 Å². The molecular weight excluding hydrogens is 332 g/mol. The molecular formula is C19H32N4O3. The molecule has 7 heteroatoms. The molecule has 1 heterocycles. The van der Waals surface area contributed by atoms with E-state index in [4.69, 9.17) is 14.2 Å². The number of aliphatic imine (C=N–C) groups is 1. The van der Waals surface area contributed by atoms with E-state index in [0.717, 1.165) is 62.4 Å². The Labute approximate surface area is 156 Å². The van der Waals surface area contributed by atoms with Gasteiger partial charge in [-0.25, -0.2) is 4.99 Å². The van der Waals surface area contributed by atoms with E-state index in [1.165, 1.54) is 0 Å². The molecule has 0 bridgehead atoms. The van der Waals surface area contributed by atoms with Crippen LogP contribution in [0.25, 0.3) is 0 Å². The van der Waals surface area contributed by atoms with Crippen molar-refractivity contribution in [2.45, 2.75) is 26.4 Å². The fraction of sp³-hybridized carbons (Fsp3) is 0.632. The van der Waals surface area contributed by atoms with E-state index in [1.54, 1.807) is 14.2 Å². The highest BCUT2D eigenvalue weighted by molar-refractivity contribution is 5.79. The van der Waals surface area contributed by atoms with Crippen LogP contribution in [0.15, 0.2) is 23.2 Å². The average molecular weight is 364 g/mol. The second-order valence-corrected chi connectivity index (χ2v) is 6.26.